The summed E-state index contributed by atoms with van der Waals surface area (Å²) >= 11 is 0. The van der Waals surface area contributed by atoms with Crippen LogP contribution in [-0.4, -0.2) is 72.0 Å². The Morgan fingerprint density at radius 3 is 1.93 bits per heavy atom. The Labute approximate surface area is 183 Å². The zero-order valence-corrected chi connectivity index (χ0v) is 20.4. The van der Waals surface area contributed by atoms with Crippen LogP contribution in [0.1, 0.15) is 74.1 Å². The van der Waals surface area contributed by atoms with Gasteiger partial charge in [0.1, 0.15) is 0 Å². The number of aliphatic carboxylic acids is 1. The molecule has 0 aromatic carbocycles. The second-order valence-electron chi connectivity index (χ2n) is 8.56. The van der Waals surface area contributed by atoms with Crippen molar-refractivity contribution in [2.45, 2.75) is 86.2 Å². The number of nitrogens with zero attached hydrogens (tertiary/aromatic N) is 2. The maximum Gasteiger partial charge on any atom is 0.331 e. The third kappa shape index (κ3) is 16.0. The van der Waals surface area contributed by atoms with Crippen LogP contribution < -0.4 is 5.32 Å². The number of carbonyl (C=O) groups excluding carboxylic acids is 2. The van der Waals surface area contributed by atoms with E-state index in [1.54, 1.807) is 7.05 Å². The number of likely N-dealkylation sites (tertiary alicyclic amines) is 1. The molecule has 1 aliphatic rings. The molecule has 2 N–H and O–H groups in total. The molecule has 1 fully saturated rings. The van der Waals surface area contributed by atoms with Crippen LogP contribution in [0.15, 0.2) is 11.6 Å². The largest absolute Gasteiger partial charge is 0.478 e. The van der Waals surface area contributed by atoms with Gasteiger partial charge in [0.05, 0.1) is 12.6 Å². The molecule has 2 amide bonds. The van der Waals surface area contributed by atoms with Gasteiger partial charge in [-0.05, 0) is 59.0 Å². The lowest BCUT2D eigenvalue weighted by molar-refractivity contribution is -0.133. The SMILES string of the molecule is CC(C)C.CC(C)N1CCCCC1.CC[C@@H](/C=C(\C)C(=O)O)N(C)C(=O)CNC=O. The molecule has 0 saturated carbocycles. The minimum Gasteiger partial charge on any atom is -0.478 e. The molecule has 0 aromatic heterocycles. The van der Waals surface area contributed by atoms with Crippen LogP contribution in [0.2, 0.25) is 0 Å². The summed E-state index contributed by atoms with van der Waals surface area (Å²) in [5, 5.41) is 11.0. The fourth-order valence-corrected chi connectivity index (χ4v) is 2.74. The van der Waals surface area contributed by atoms with Crippen molar-refractivity contribution in [1.29, 1.82) is 0 Å². The number of carboxylic acid groups (broad SMARTS) is 1. The second kappa shape index (κ2) is 17.9. The molecule has 7 heteroatoms. The highest BCUT2D eigenvalue weighted by molar-refractivity contribution is 5.86. The van der Waals surface area contributed by atoms with E-state index >= 15 is 0 Å². The summed E-state index contributed by atoms with van der Waals surface area (Å²) in [6.45, 7) is 17.0. The molecular formula is C23H45N3O4. The average molecular weight is 428 g/mol. The highest BCUT2D eigenvalue weighted by atomic mass is 16.4. The van der Waals surface area contributed by atoms with Crippen LogP contribution in [0.3, 0.4) is 0 Å². The van der Waals surface area contributed by atoms with Gasteiger partial charge in [-0.1, -0.05) is 40.2 Å². The molecule has 1 rings (SSSR count). The van der Waals surface area contributed by atoms with Crippen molar-refractivity contribution in [2.24, 2.45) is 5.92 Å². The topological polar surface area (TPSA) is 90.0 Å². The molecule has 0 aromatic rings. The van der Waals surface area contributed by atoms with E-state index in [-0.39, 0.29) is 24.1 Å². The number of carboxylic acids is 1. The van der Waals surface area contributed by atoms with Crippen molar-refractivity contribution in [3.8, 4) is 0 Å². The van der Waals surface area contributed by atoms with E-state index in [1.807, 2.05) is 6.92 Å². The van der Waals surface area contributed by atoms with Crippen molar-refractivity contribution < 1.29 is 19.5 Å². The number of amides is 2. The van der Waals surface area contributed by atoms with Crippen molar-refractivity contribution in [2.75, 3.05) is 26.7 Å². The predicted molar refractivity (Wildman–Crippen MR) is 123 cm³/mol. The monoisotopic (exact) mass is 427 g/mol. The molecule has 0 aliphatic carbocycles. The van der Waals surface area contributed by atoms with Gasteiger partial charge in [-0.25, -0.2) is 4.79 Å². The van der Waals surface area contributed by atoms with E-state index in [2.05, 4.69) is 44.8 Å². The molecule has 1 heterocycles. The number of piperidine rings is 1. The first kappa shape index (κ1) is 30.3. The Bertz CT molecular complexity index is 510. The maximum atomic E-state index is 11.6. The van der Waals surface area contributed by atoms with Gasteiger partial charge in [0, 0.05) is 18.7 Å². The quantitative estimate of drug-likeness (QED) is 0.457. The molecule has 7 nitrogen and oxygen atoms in total. The van der Waals surface area contributed by atoms with Gasteiger partial charge in [0.2, 0.25) is 12.3 Å². The number of rotatable bonds is 8. The van der Waals surface area contributed by atoms with Crippen molar-refractivity contribution in [3.05, 3.63) is 11.6 Å². The average Bonchev–Trinajstić information content (AvgIpc) is 2.70. The van der Waals surface area contributed by atoms with E-state index in [9.17, 15) is 14.4 Å². The maximum absolute atomic E-state index is 11.6. The molecule has 30 heavy (non-hydrogen) atoms. The molecule has 1 saturated heterocycles. The summed E-state index contributed by atoms with van der Waals surface area (Å²) in [4.78, 5) is 36.3. The first-order chi connectivity index (χ1) is 14.0. The van der Waals surface area contributed by atoms with Crippen molar-refractivity contribution >= 4 is 18.3 Å². The summed E-state index contributed by atoms with van der Waals surface area (Å²) in [7, 11) is 1.58. The summed E-state index contributed by atoms with van der Waals surface area (Å²) in [6.07, 6.45) is 6.86. The van der Waals surface area contributed by atoms with Crippen LogP contribution in [0.5, 0.6) is 0 Å². The number of hydrogen-bond donors (Lipinski definition) is 2. The van der Waals surface area contributed by atoms with Crippen molar-refractivity contribution in [3.63, 3.8) is 0 Å². The van der Waals surface area contributed by atoms with Gasteiger partial charge < -0.3 is 20.2 Å². The standard InChI is InChI=1S/C11H18N2O4.C8H17N.C4H10/c1-4-9(5-8(2)11(16)17)13(3)10(15)6-12-7-14;1-8(2)9-6-4-3-5-7-9;1-4(2)3/h5,7,9H,4,6H2,1-3H3,(H,12,14)(H,16,17);8H,3-7H2,1-2H3;4H,1-3H3/b8-5+;;/t9-;;/m0../s1. The van der Waals surface area contributed by atoms with E-state index in [0.29, 0.717) is 12.8 Å². The zero-order chi connectivity index (χ0) is 23.7. The minimum absolute atomic E-state index is 0.0868. The minimum atomic E-state index is -1.00. The highest BCUT2D eigenvalue weighted by Crippen LogP contribution is 2.11. The lowest BCUT2D eigenvalue weighted by atomic mass is 10.1. The third-order valence-electron chi connectivity index (χ3n) is 4.55. The van der Waals surface area contributed by atoms with E-state index in [1.165, 1.54) is 50.3 Å². The number of carbonyl (C=O) groups is 3. The first-order valence-corrected chi connectivity index (χ1v) is 11.1. The van der Waals surface area contributed by atoms with Crippen molar-refractivity contribution in [1.82, 2.24) is 15.1 Å². The van der Waals surface area contributed by atoms with Gasteiger partial charge in [0.15, 0.2) is 0 Å². The van der Waals surface area contributed by atoms with Crippen LogP contribution >= 0.6 is 0 Å². The molecule has 0 unspecified atom stereocenters. The van der Waals surface area contributed by atoms with E-state index in [0.717, 1.165) is 12.0 Å². The first-order valence-electron chi connectivity index (χ1n) is 11.1. The normalized spacial score (nSPS) is 15.3. The highest BCUT2D eigenvalue weighted by Gasteiger charge is 2.17. The smallest absolute Gasteiger partial charge is 0.331 e. The molecule has 0 spiro atoms. The predicted octanol–water partition coefficient (Wildman–Crippen LogP) is 3.54. The van der Waals surface area contributed by atoms with E-state index in [4.69, 9.17) is 5.11 Å². The van der Waals surface area contributed by atoms with Crippen LogP contribution in [0.4, 0.5) is 0 Å². The third-order valence-corrected chi connectivity index (χ3v) is 4.55. The second-order valence-corrected chi connectivity index (χ2v) is 8.56. The Hall–Kier alpha value is -1.89. The molecule has 0 bridgehead atoms. The molecule has 0 radical (unpaired) electrons. The zero-order valence-electron chi connectivity index (χ0n) is 20.4. The number of likely N-dealkylation sites (N-methyl/N-ethyl adjacent to an activating group) is 1. The number of nitrogens with one attached hydrogen (secondary N) is 1. The van der Waals surface area contributed by atoms with Gasteiger partial charge in [-0.15, -0.1) is 0 Å². The molecule has 1 aliphatic heterocycles. The Kier molecular flexibility index (Phi) is 18.1. The Morgan fingerprint density at radius 2 is 1.60 bits per heavy atom. The van der Waals surface area contributed by atoms with E-state index < -0.39 is 5.97 Å². The lowest BCUT2D eigenvalue weighted by Gasteiger charge is -2.29. The van der Waals surface area contributed by atoms with Gasteiger partial charge >= 0.3 is 5.97 Å². The van der Waals surface area contributed by atoms with Crippen LogP contribution in [0.25, 0.3) is 0 Å². The lowest BCUT2D eigenvalue weighted by Crippen LogP contribution is -2.41. The summed E-state index contributed by atoms with van der Waals surface area (Å²) in [5.74, 6) is -0.436. The summed E-state index contributed by atoms with van der Waals surface area (Å²) in [5.41, 5.74) is 0.194. The van der Waals surface area contributed by atoms with Gasteiger partial charge in [-0.3, -0.25) is 9.59 Å². The summed E-state index contributed by atoms with van der Waals surface area (Å²) in [6, 6.07) is 0.484. The van der Waals surface area contributed by atoms with Crippen LogP contribution in [0, 0.1) is 5.92 Å². The van der Waals surface area contributed by atoms with Crippen LogP contribution in [-0.2, 0) is 14.4 Å². The van der Waals surface area contributed by atoms with Gasteiger partial charge in [0.25, 0.3) is 0 Å². The number of hydrogen-bond acceptors (Lipinski definition) is 4. The Balaban J connectivity index is 0. The fourth-order valence-electron chi connectivity index (χ4n) is 2.74. The molecule has 176 valence electrons. The van der Waals surface area contributed by atoms with Gasteiger partial charge in [-0.2, -0.15) is 0 Å². The fraction of sp³-hybridized carbons (Fsp3) is 0.783. The molecule has 1 atom stereocenters. The summed E-state index contributed by atoms with van der Waals surface area (Å²) < 4.78 is 0. The molecular weight excluding hydrogens is 382 g/mol. The Morgan fingerprint density at radius 1 is 1.10 bits per heavy atom.